The quantitative estimate of drug-likeness (QED) is 0.246. The zero-order chi connectivity index (χ0) is 12.3. The second-order valence-electron chi connectivity index (χ2n) is 5.13. The number of hydrogen-bond donors (Lipinski definition) is 2. The largest absolute Gasteiger partial charge is 0.460 e. The van der Waals surface area contributed by atoms with E-state index in [0.29, 0.717) is 0 Å². The summed E-state index contributed by atoms with van der Waals surface area (Å²) in [6.07, 6.45) is 0.0835. The van der Waals surface area contributed by atoms with E-state index >= 15 is 0 Å². The molecule has 88 valence electrons. The Kier molecular flexibility index (Phi) is 4.13. The standard InChI is InChI=1S/C10H20N2O3/c1-9(2,3)15-7(13)6-10(4,5)8(11)12-14/h14H,6H2,1-5H3,(H2,11,12). The second kappa shape index (κ2) is 4.51. The Balaban J connectivity index is 4.42. The molecule has 0 saturated heterocycles. The van der Waals surface area contributed by atoms with E-state index < -0.39 is 11.0 Å². The van der Waals surface area contributed by atoms with Gasteiger partial charge in [-0.2, -0.15) is 0 Å². The SMILES string of the molecule is CC(C)(C)OC(=O)CC(C)(C)/C(N)=N/O. The Bertz CT molecular complexity index is 264. The number of oxime groups is 1. The first-order valence-corrected chi connectivity index (χ1v) is 4.78. The zero-order valence-electron chi connectivity index (χ0n) is 10.00. The molecule has 0 aliphatic rings. The number of carbonyl (C=O) groups is 1. The topological polar surface area (TPSA) is 84.9 Å². The van der Waals surface area contributed by atoms with E-state index in [9.17, 15) is 4.79 Å². The summed E-state index contributed by atoms with van der Waals surface area (Å²) in [7, 11) is 0. The average molecular weight is 216 g/mol. The summed E-state index contributed by atoms with van der Waals surface area (Å²) in [6, 6.07) is 0. The Hall–Kier alpha value is -1.26. The molecule has 0 atom stereocenters. The summed E-state index contributed by atoms with van der Waals surface area (Å²) in [5, 5.41) is 11.4. The van der Waals surface area contributed by atoms with E-state index in [-0.39, 0.29) is 18.2 Å². The van der Waals surface area contributed by atoms with Gasteiger partial charge >= 0.3 is 5.97 Å². The molecule has 0 saturated carbocycles. The average Bonchev–Trinajstić information content (AvgIpc) is 1.97. The molecule has 0 heterocycles. The smallest absolute Gasteiger partial charge is 0.307 e. The molecule has 0 aliphatic carbocycles. The fourth-order valence-corrected chi connectivity index (χ4v) is 0.964. The second-order valence-corrected chi connectivity index (χ2v) is 5.13. The maximum Gasteiger partial charge on any atom is 0.307 e. The van der Waals surface area contributed by atoms with Crippen molar-refractivity contribution in [2.45, 2.75) is 46.6 Å². The van der Waals surface area contributed by atoms with Crippen LogP contribution in [0, 0.1) is 5.41 Å². The van der Waals surface area contributed by atoms with Crippen molar-refractivity contribution >= 4 is 11.8 Å². The van der Waals surface area contributed by atoms with E-state index in [2.05, 4.69) is 5.16 Å². The number of carbonyl (C=O) groups excluding carboxylic acids is 1. The van der Waals surface area contributed by atoms with Crippen LogP contribution >= 0.6 is 0 Å². The Morgan fingerprint density at radius 2 is 1.80 bits per heavy atom. The number of esters is 1. The van der Waals surface area contributed by atoms with E-state index in [1.54, 1.807) is 34.6 Å². The Morgan fingerprint density at radius 3 is 2.13 bits per heavy atom. The predicted molar refractivity (Wildman–Crippen MR) is 57.7 cm³/mol. The van der Waals surface area contributed by atoms with Gasteiger partial charge in [0.15, 0.2) is 0 Å². The van der Waals surface area contributed by atoms with Crippen molar-refractivity contribution in [1.82, 2.24) is 0 Å². The third-order valence-corrected chi connectivity index (χ3v) is 1.81. The fraction of sp³-hybridized carbons (Fsp3) is 0.800. The summed E-state index contributed by atoms with van der Waals surface area (Å²) in [5.74, 6) is -0.340. The monoisotopic (exact) mass is 216 g/mol. The molecule has 0 rings (SSSR count). The van der Waals surface area contributed by atoms with Crippen LogP contribution in [0.1, 0.15) is 41.0 Å². The van der Waals surface area contributed by atoms with Gasteiger partial charge in [-0.15, -0.1) is 0 Å². The highest BCUT2D eigenvalue weighted by Gasteiger charge is 2.29. The normalized spacial score (nSPS) is 13.8. The molecule has 0 aromatic carbocycles. The highest BCUT2D eigenvalue weighted by Crippen LogP contribution is 2.22. The number of ether oxygens (including phenoxy) is 1. The summed E-state index contributed by atoms with van der Waals surface area (Å²) in [4.78, 5) is 11.5. The van der Waals surface area contributed by atoms with Gasteiger partial charge in [0.2, 0.25) is 0 Å². The molecule has 0 aliphatic heterocycles. The van der Waals surface area contributed by atoms with Gasteiger partial charge in [-0.05, 0) is 20.8 Å². The molecule has 5 heteroatoms. The first-order chi connectivity index (χ1) is 6.58. The minimum absolute atomic E-state index is 0.0216. The molecule has 5 nitrogen and oxygen atoms in total. The van der Waals surface area contributed by atoms with E-state index in [4.69, 9.17) is 15.7 Å². The van der Waals surface area contributed by atoms with Gasteiger partial charge in [-0.1, -0.05) is 19.0 Å². The highest BCUT2D eigenvalue weighted by molar-refractivity contribution is 5.89. The van der Waals surface area contributed by atoms with Gasteiger partial charge in [-0.25, -0.2) is 0 Å². The minimum atomic E-state index is -0.697. The van der Waals surface area contributed by atoms with Crippen molar-refractivity contribution in [1.29, 1.82) is 0 Å². The first-order valence-electron chi connectivity index (χ1n) is 4.78. The van der Waals surface area contributed by atoms with E-state index in [0.717, 1.165) is 0 Å². The van der Waals surface area contributed by atoms with Gasteiger partial charge in [0.25, 0.3) is 0 Å². The third kappa shape index (κ3) is 5.24. The number of rotatable bonds is 3. The molecule has 0 radical (unpaired) electrons. The first kappa shape index (κ1) is 13.7. The van der Waals surface area contributed by atoms with Crippen LogP contribution in [-0.4, -0.2) is 22.6 Å². The van der Waals surface area contributed by atoms with Gasteiger partial charge in [0, 0.05) is 5.41 Å². The molecule has 3 N–H and O–H groups in total. The van der Waals surface area contributed by atoms with Crippen LogP contribution in [0.4, 0.5) is 0 Å². The number of nitrogens with two attached hydrogens (primary N) is 1. The van der Waals surface area contributed by atoms with Crippen molar-refractivity contribution in [2.24, 2.45) is 16.3 Å². The van der Waals surface area contributed by atoms with Crippen LogP contribution in [0.25, 0.3) is 0 Å². The highest BCUT2D eigenvalue weighted by atomic mass is 16.6. The molecule has 0 aromatic rings. The summed E-state index contributed by atoms with van der Waals surface area (Å²) < 4.78 is 5.14. The molecule has 0 fully saturated rings. The van der Waals surface area contributed by atoms with Crippen molar-refractivity contribution in [3.8, 4) is 0 Å². The van der Waals surface area contributed by atoms with Crippen LogP contribution in [0.2, 0.25) is 0 Å². The molecule has 0 unspecified atom stereocenters. The fourth-order valence-electron chi connectivity index (χ4n) is 0.964. The number of nitrogens with zero attached hydrogens (tertiary/aromatic N) is 1. The predicted octanol–water partition coefficient (Wildman–Crippen LogP) is 1.49. The maximum absolute atomic E-state index is 11.5. The van der Waals surface area contributed by atoms with Gasteiger partial charge in [0.05, 0.1) is 6.42 Å². The van der Waals surface area contributed by atoms with Gasteiger partial charge in [0.1, 0.15) is 11.4 Å². The zero-order valence-corrected chi connectivity index (χ0v) is 10.00. The molecule has 0 spiro atoms. The Labute approximate surface area is 90.3 Å². The third-order valence-electron chi connectivity index (χ3n) is 1.81. The van der Waals surface area contributed by atoms with Gasteiger partial charge < -0.3 is 15.7 Å². The summed E-state index contributed by atoms with van der Waals surface area (Å²) in [5.41, 5.74) is 4.24. The van der Waals surface area contributed by atoms with E-state index in [1.807, 2.05) is 0 Å². The minimum Gasteiger partial charge on any atom is -0.460 e. The van der Waals surface area contributed by atoms with Crippen molar-refractivity contribution in [2.75, 3.05) is 0 Å². The molecule has 0 bridgehead atoms. The molecule has 0 amide bonds. The number of hydrogen-bond acceptors (Lipinski definition) is 4. The Morgan fingerprint density at radius 1 is 1.33 bits per heavy atom. The van der Waals surface area contributed by atoms with E-state index in [1.165, 1.54) is 0 Å². The van der Waals surface area contributed by atoms with Crippen molar-refractivity contribution in [3.63, 3.8) is 0 Å². The number of amidine groups is 1. The van der Waals surface area contributed by atoms with Crippen LogP contribution < -0.4 is 5.73 Å². The van der Waals surface area contributed by atoms with Crippen LogP contribution in [0.5, 0.6) is 0 Å². The molecule has 0 aromatic heterocycles. The van der Waals surface area contributed by atoms with Crippen LogP contribution in [0.3, 0.4) is 0 Å². The lowest BCUT2D eigenvalue weighted by molar-refractivity contribution is -0.156. The van der Waals surface area contributed by atoms with Crippen molar-refractivity contribution in [3.05, 3.63) is 0 Å². The summed E-state index contributed by atoms with van der Waals surface area (Å²) >= 11 is 0. The lowest BCUT2D eigenvalue weighted by atomic mass is 9.88. The van der Waals surface area contributed by atoms with Crippen molar-refractivity contribution < 1.29 is 14.7 Å². The van der Waals surface area contributed by atoms with Crippen LogP contribution in [-0.2, 0) is 9.53 Å². The maximum atomic E-state index is 11.5. The lowest BCUT2D eigenvalue weighted by Gasteiger charge is -2.25. The summed E-state index contributed by atoms with van der Waals surface area (Å²) in [6.45, 7) is 8.81. The molecule has 15 heavy (non-hydrogen) atoms. The lowest BCUT2D eigenvalue weighted by Crippen LogP contribution is -2.36. The van der Waals surface area contributed by atoms with Crippen LogP contribution in [0.15, 0.2) is 5.16 Å². The molecular weight excluding hydrogens is 196 g/mol. The van der Waals surface area contributed by atoms with Gasteiger partial charge in [-0.3, -0.25) is 4.79 Å². The molecular formula is C10H20N2O3.